The number of nitrogens with one attached hydrogen (secondary N) is 1. The van der Waals surface area contributed by atoms with Crippen LogP contribution in [0.2, 0.25) is 10.0 Å². The molecule has 0 bridgehead atoms. The van der Waals surface area contributed by atoms with E-state index in [9.17, 15) is 0 Å². The highest BCUT2D eigenvalue weighted by Gasteiger charge is 2.29. The van der Waals surface area contributed by atoms with Crippen LogP contribution in [-0.2, 0) is 0 Å². The first-order chi connectivity index (χ1) is 14.6. The zero-order valence-electron chi connectivity index (χ0n) is 16.2. The Hall–Kier alpha value is -2.53. The Balaban J connectivity index is 1.62. The number of hydrogen-bond donors (Lipinski definition) is 1. The molecule has 0 fully saturated rings. The van der Waals surface area contributed by atoms with Gasteiger partial charge in [0.1, 0.15) is 11.2 Å². The molecule has 30 heavy (non-hydrogen) atoms. The van der Waals surface area contributed by atoms with E-state index in [2.05, 4.69) is 58.5 Å². The fraction of sp³-hybridized carbons (Fsp3) is 0.125. The number of benzene rings is 3. The van der Waals surface area contributed by atoms with Crippen molar-refractivity contribution in [2.24, 2.45) is 0 Å². The Morgan fingerprint density at radius 2 is 1.77 bits per heavy atom. The minimum Gasteiger partial charge on any atom is -0.363 e. The van der Waals surface area contributed by atoms with E-state index >= 15 is 0 Å². The van der Waals surface area contributed by atoms with Crippen molar-refractivity contribution in [1.29, 1.82) is 0 Å². The van der Waals surface area contributed by atoms with Gasteiger partial charge in [0.2, 0.25) is 0 Å². The van der Waals surface area contributed by atoms with Crippen molar-refractivity contribution in [3.63, 3.8) is 0 Å². The second-order valence-corrected chi connectivity index (χ2v) is 9.10. The van der Waals surface area contributed by atoms with E-state index in [1.807, 2.05) is 41.9 Å². The van der Waals surface area contributed by atoms with Crippen LogP contribution >= 0.6 is 34.5 Å². The Labute approximate surface area is 189 Å². The molecule has 1 N–H and O–H groups in total. The Morgan fingerprint density at radius 1 is 0.967 bits per heavy atom. The first-order valence-electron chi connectivity index (χ1n) is 9.70. The monoisotopic (exact) mass is 451 g/mol. The summed E-state index contributed by atoms with van der Waals surface area (Å²) < 4.78 is 0. The average molecular weight is 452 g/mol. The quantitative estimate of drug-likeness (QED) is 0.347. The molecule has 0 saturated heterocycles. The molecule has 3 aromatic carbocycles. The Morgan fingerprint density at radius 3 is 2.50 bits per heavy atom. The van der Waals surface area contributed by atoms with Crippen LogP contribution in [0.5, 0.6) is 0 Å². The van der Waals surface area contributed by atoms with Gasteiger partial charge in [-0.3, -0.25) is 0 Å². The predicted octanol–water partition coefficient (Wildman–Crippen LogP) is 7.54. The summed E-state index contributed by atoms with van der Waals surface area (Å²) in [6, 6.07) is 22.6. The predicted molar refractivity (Wildman–Crippen MR) is 128 cm³/mol. The molecule has 0 saturated carbocycles. The third-order valence-corrected chi connectivity index (χ3v) is 6.68. The second-order valence-electron chi connectivity index (χ2n) is 7.30. The van der Waals surface area contributed by atoms with E-state index in [4.69, 9.17) is 23.2 Å². The highest BCUT2D eigenvalue weighted by atomic mass is 35.5. The molecule has 1 aliphatic rings. The van der Waals surface area contributed by atoms with Crippen LogP contribution < -0.4 is 10.2 Å². The minimum absolute atomic E-state index is 0.0460. The smallest absolute Gasteiger partial charge is 0.104 e. The van der Waals surface area contributed by atoms with E-state index in [0.717, 1.165) is 32.1 Å². The summed E-state index contributed by atoms with van der Waals surface area (Å²) in [7, 11) is 0. The van der Waals surface area contributed by atoms with Crippen molar-refractivity contribution in [1.82, 2.24) is 4.98 Å². The normalized spacial score (nSPS) is 16.2. The highest BCUT2D eigenvalue weighted by molar-refractivity contribution is 7.09. The molecule has 0 amide bonds. The summed E-state index contributed by atoms with van der Waals surface area (Å²) in [4.78, 5) is 6.91. The van der Waals surface area contributed by atoms with Gasteiger partial charge in [0.05, 0.1) is 17.3 Å². The maximum absolute atomic E-state index is 6.28. The number of aromatic nitrogens is 1. The molecule has 1 aliphatic heterocycles. The molecule has 2 unspecified atom stereocenters. The van der Waals surface area contributed by atoms with Crippen LogP contribution in [0.1, 0.15) is 29.0 Å². The number of nitrogens with zero attached hydrogens (tertiary/aromatic N) is 2. The molecular formula is C24H19Cl2N3S. The largest absolute Gasteiger partial charge is 0.363 e. The van der Waals surface area contributed by atoms with Gasteiger partial charge in [0.15, 0.2) is 0 Å². The van der Waals surface area contributed by atoms with Gasteiger partial charge in [-0.2, -0.15) is 0 Å². The van der Waals surface area contributed by atoms with Crippen molar-refractivity contribution in [2.45, 2.75) is 19.0 Å². The van der Waals surface area contributed by atoms with Crippen molar-refractivity contribution in [3.8, 4) is 0 Å². The Bertz CT molecular complexity index is 1180. The number of halogens is 2. The van der Waals surface area contributed by atoms with Crippen molar-refractivity contribution >= 4 is 51.6 Å². The fourth-order valence-corrected chi connectivity index (χ4v) is 5.15. The van der Waals surface area contributed by atoms with Gasteiger partial charge in [-0.1, -0.05) is 47.5 Å². The summed E-state index contributed by atoms with van der Waals surface area (Å²) in [6.07, 6.45) is 1.99. The fourth-order valence-electron chi connectivity index (χ4n) is 4.05. The summed E-state index contributed by atoms with van der Waals surface area (Å²) >= 11 is 14.1. The van der Waals surface area contributed by atoms with Crippen LogP contribution in [0.25, 0.3) is 0 Å². The van der Waals surface area contributed by atoms with Crippen LogP contribution in [0.4, 0.5) is 17.1 Å². The van der Waals surface area contributed by atoms with Crippen molar-refractivity contribution < 1.29 is 0 Å². The number of thiazole rings is 1. The third kappa shape index (κ3) is 3.56. The molecule has 2 atom stereocenters. The van der Waals surface area contributed by atoms with Gasteiger partial charge in [-0.15, -0.1) is 11.3 Å². The van der Waals surface area contributed by atoms with Crippen LogP contribution in [0.15, 0.2) is 78.3 Å². The van der Waals surface area contributed by atoms with Gasteiger partial charge in [-0.25, -0.2) is 4.98 Å². The first-order valence-corrected chi connectivity index (χ1v) is 11.3. The van der Waals surface area contributed by atoms with E-state index in [1.54, 1.807) is 11.3 Å². The molecule has 0 aliphatic carbocycles. The highest BCUT2D eigenvalue weighted by Crippen LogP contribution is 2.44. The van der Waals surface area contributed by atoms with Crippen LogP contribution in [-0.4, -0.2) is 11.1 Å². The molecule has 4 aromatic rings. The molecule has 0 radical (unpaired) electrons. The minimum atomic E-state index is 0.0460. The number of hydrogen-bond acceptors (Lipinski definition) is 4. The van der Waals surface area contributed by atoms with Gasteiger partial charge in [0, 0.05) is 27.3 Å². The van der Waals surface area contributed by atoms with Crippen LogP contribution in [0, 0.1) is 0 Å². The summed E-state index contributed by atoms with van der Waals surface area (Å²) in [6.45, 7) is 2.15. The molecule has 5 rings (SSSR count). The van der Waals surface area contributed by atoms with Gasteiger partial charge < -0.3 is 10.2 Å². The number of anilines is 3. The second kappa shape index (κ2) is 7.95. The maximum Gasteiger partial charge on any atom is 0.104 e. The number of rotatable bonds is 4. The van der Waals surface area contributed by atoms with Crippen LogP contribution in [0.3, 0.4) is 0 Å². The molecule has 150 valence electrons. The van der Waals surface area contributed by atoms with E-state index in [-0.39, 0.29) is 12.1 Å². The first kappa shape index (κ1) is 19.4. The SMILES string of the molecule is CC1Nc2ccc(C(c3ccc(Cl)cc3)c3nccs3)cc2N1c1cccc(Cl)c1. The lowest BCUT2D eigenvalue weighted by Gasteiger charge is -2.25. The lowest BCUT2D eigenvalue weighted by atomic mass is 9.91. The Kier molecular flexibility index (Phi) is 5.15. The van der Waals surface area contributed by atoms with E-state index < -0.39 is 0 Å². The third-order valence-electron chi connectivity index (χ3n) is 5.35. The lowest BCUT2D eigenvalue weighted by Crippen LogP contribution is -2.28. The van der Waals surface area contributed by atoms with Crippen molar-refractivity contribution in [2.75, 3.05) is 10.2 Å². The molecule has 3 nitrogen and oxygen atoms in total. The summed E-state index contributed by atoms with van der Waals surface area (Å²) in [5.74, 6) is 0.0460. The number of fused-ring (bicyclic) bond motifs is 1. The summed E-state index contributed by atoms with van der Waals surface area (Å²) in [5.41, 5.74) is 5.67. The lowest BCUT2D eigenvalue weighted by molar-refractivity contribution is 0.842. The van der Waals surface area contributed by atoms with E-state index in [1.165, 1.54) is 11.1 Å². The van der Waals surface area contributed by atoms with E-state index in [0.29, 0.717) is 0 Å². The molecule has 1 aromatic heterocycles. The molecule has 2 heterocycles. The maximum atomic E-state index is 6.28. The standard InChI is InChI=1S/C24H19Cl2N3S/c1-15-28-21-10-7-17(13-22(21)29(15)20-4-2-3-19(26)14-20)23(24-27-11-12-30-24)16-5-8-18(25)9-6-16/h2-15,23,28H,1H3. The molecule has 0 spiro atoms. The van der Waals surface area contributed by atoms with Gasteiger partial charge >= 0.3 is 0 Å². The van der Waals surface area contributed by atoms with Gasteiger partial charge in [0.25, 0.3) is 0 Å². The zero-order chi connectivity index (χ0) is 20.7. The molecular weight excluding hydrogens is 433 g/mol. The average Bonchev–Trinajstić information content (AvgIpc) is 3.37. The van der Waals surface area contributed by atoms with Crippen molar-refractivity contribution in [3.05, 3.63) is 104 Å². The molecule has 6 heteroatoms. The topological polar surface area (TPSA) is 28.2 Å². The zero-order valence-corrected chi connectivity index (χ0v) is 18.5. The van der Waals surface area contributed by atoms with Gasteiger partial charge in [-0.05, 0) is 60.5 Å². The summed E-state index contributed by atoms with van der Waals surface area (Å²) in [5, 5.41) is 8.11.